The number of hydrogen-bond acceptors (Lipinski definition) is 2. The normalized spacial score (nSPS) is 10.1. The Morgan fingerprint density at radius 3 is 2.50 bits per heavy atom. The predicted octanol–water partition coefficient (Wildman–Crippen LogP) is 3.55. The molecule has 18 heavy (non-hydrogen) atoms. The number of nitrogens with one attached hydrogen (secondary N) is 1. The van der Waals surface area contributed by atoms with E-state index in [0.29, 0.717) is 10.7 Å². The lowest BCUT2D eigenvalue weighted by atomic mass is 10.1. The molecule has 1 aromatic carbocycles. The van der Waals surface area contributed by atoms with Crippen molar-refractivity contribution in [3.8, 4) is 0 Å². The minimum atomic E-state index is -0.191. The Hall–Kier alpha value is -1.87. The number of carbonyl (C=O) groups is 1. The number of benzene rings is 1. The van der Waals surface area contributed by atoms with E-state index in [1.165, 1.54) is 11.8 Å². The van der Waals surface area contributed by atoms with Gasteiger partial charge in [-0.05, 0) is 36.2 Å². The maximum absolute atomic E-state index is 11.9. The van der Waals surface area contributed by atoms with Gasteiger partial charge in [0.2, 0.25) is 0 Å². The van der Waals surface area contributed by atoms with Gasteiger partial charge in [-0.25, -0.2) is 4.98 Å². The zero-order chi connectivity index (χ0) is 13.0. The molecule has 4 heteroatoms. The maximum Gasteiger partial charge on any atom is 0.257 e. The van der Waals surface area contributed by atoms with Crippen molar-refractivity contribution >= 4 is 23.2 Å². The van der Waals surface area contributed by atoms with Crippen LogP contribution in [0.5, 0.6) is 0 Å². The Labute approximate surface area is 111 Å². The van der Waals surface area contributed by atoms with Crippen LogP contribution >= 0.6 is 11.6 Å². The lowest BCUT2D eigenvalue weighted by Gasteiger charge is -2.05. The summed E-state index contributed by atoms with van der Waals surface area (Å²) >= 11 is 5.67. The monoisotopic (exact) mass is 260 g/mol. The first-order chi connectivity index (χ1) is 8.69. The van der Waals surface area contributed by atoms with Crippen molar-refractivity contribution < 1.29 is 4.79 Å². The van der Waals surface area contributed by atoms with Crippen LogP contribution in [-0.4, -0.2) is 10.9 Å². The summed E-state index contributed by atoms with van der Waals surface area (Å²) in [6, 6.07) is 11.0. The molecule has 1 N–H and O–H groups in total. The van der Waals surface area contributed by atoms with Gasteiger partial charge < -0.3 is 5.32 Å². The van der Waals surface area contributed by atoms with Crippen molar-refractivity contribution in [3.63, 3.8) is 0 Å². The number of carbonyl (C=O) groups excluding carboxylic acids is 1. The average molecular weight is 261 g/mol. The summed E-state index contributed by atoms with van der Waals surface area (Å²) in [6.07, 6.45) is 2.44. The molecule has 0 spiro atoms. The molecular formula is C14H13ClN2O. The fraction of sp³-hybridized carbons (Fsp3) is 0.143. The number of nitrogens with zero attached hydrogens (tertiary/aromatic N) is 1. The molecule has 0 fully saturated rings. The first kappa shape index (κ1) is 12.6. The minimum absolute atomic E-state index is 0.191. The molecule has 0 unspecified atom stereocenters. The van der Waals surface area contributed by atoms with Gasteiger partial charge in [0.25, 0.3) is 5.91 Å². The molecule has 3 nitrogen and oxygen atoms in total. The molecule has 2 aromatic rings. The smallest absolute Gasteiger partial charge is 0.257 e. The van der Waals surface area contributed by atoms with Crippen LogP contribution in [0.1, 0.15) is 22.8 Å². The van der Waals surface area contributed by atoms with E-state index in [2.05, 4.69) is 17.2 Å². The molecule has 0 saturated heterocycles. The number of aryl methyl sites for hydroxylation is 1. The molecule has 1 heterocycles. The van der Waals surface area contributed by atoms with Crippen molar-refractivity contribution in [1.29, 1.82) is 0 Å². The van der Waals surface area contributed by atoms with Gasteiger partial charge in [0.15, 0.2) is 0 Å². The first-order valence-electron chi connectivity index (χ1n) is 5.71. The number of pyridine rings is 1. The van der Waals surface area contributed by atoms with Gasteiger partial charge in [-0.2, -0.15) is 0 Å². The number of anilines is 1. The molecule has 1 amide bonds. The molecular weight excluding hydrogens is 248 g/mol. The van der Waals surface area contributed by atoms with Crippen molar-refractivity contribution in [2.75, 3.05) is 5.32 Å². The largest absolute Gasteiger partial charge is 0.322 e. The van der Waals surface area contributed by atoms with Crippen LogP contribution in [0.2, 0.25) is 5.15 Å². The van der Waals surface area contributed by atoms with E-state index in [9.17, 15) is 4.79 Å². The van der Waals surface area contributed by atoms with Gasteiger partial charge in [0.1, 0.15) is 5.15 Å². The Bertz CT molecular complexity index is 535. The topological polar surface area (TPSA) is 42.0 Å². The van der Waals surface area contributed by atoms with Gasteiger partial charge in [0.05, 0.1) is 5.56 Å². The van der Waals surface area contributed by atoms with E-state index in [0.717, 1.165) is 12.1 Å². The van der Waals surface area contributed by atoms with Crippen molar-refractivity contribution in [3.05, 3.63) is 58.9 Å². The minimum Gasteiger partial charge on any atom is -0.322 e. The first-order valence-corrected chi connectivity index (χ1v) is 6.08. The molecule has 0 bridgehead atoms. The summed E-state index contributed by atoms with van der Waals surface area (Å²) in [4.78, 5) is 15.8. The fourth-order valence-electron chi connectivity index (χ4n) is 1.54. The highest BCUT2D eigenvalue weighted by Gasteiger charge is 2.06. The van der Waals surface area contributed by atoms with E-state index in [-0.39, 0.29) is 5.91 Å². The number of amides is 1. The number of rotatable bonds is 3. The highest BCUT2D eigenvalue weighted by atomic mass is 35.5. The van der Waals surface area contributed by atoms with Crippen LogP contribution in [0.4, 0.5) is 5.69 Å². The number of hydrogen-bond donors (Lipinski definition) is 1. The Morgan fingerprint density at radius 1 is 1.22 bits per heavy atom. The van der Waals surface area contributed by atoms with Crippen molar-refractivity contribution in [2.24, 2.45) is 0 Å². The Balaban J connectivity index is 2.08. The van der Waals surface area contributed by atoms with Crippen molar-refractivity contribution in [2.45, 2.75) is 13.3 Å². The van der Waals surface area contributed by atoms with Crippen LogP contribution in [0.3, 0.4) is 0 Å². The number of aromatic nitrogens is 1. The summed E-state index contributed by atoms with van der Waals surface area (Å²) in [7, 11) is 0. The van der Waals surface area contributed by atoms with Gasteiger partial charge in [-0.3, -0.25) is 4.79 Å². The average Bonchev–Trinajstić information content (AvgIpc) is 2.40. The van der Waals surface area contributed by atoms with Crippen LogP contribution in [0, 0.1) is 0 Å². The van der Waals surface area contributed by atoms with Gasteiger partial charge in [-0.1, -0.05) is 30.7 Å². The molecule has 0 saturated carbocycles. The quantitative estimate of drug-likeness (QED) is 0.858. The van der Waals surface area contributed by atoms with E-state index in [1.807, 2.05) is 24.3 Å². The molecule has 0 aliphatic heterocycles. The Kier molecular flexibility index (Phi) is 3.95. The lowest BCUT2D eigenvalue weighted by Crippen LogP contribution is -2.12. The molecule has 0 radical (unpaired) electrons. The van der Waals surface area contributed by atoms with E-state index >= 15 is 0 Å². The van der Waals surface area contributed by atoms with Gasteiger partial charge >= 0.3 is 0 Å². The fourth-order valence-corrected chi connectivity index (χ4v) is 1.65. The second-order valence-electron chi connectivity index (χ2n) is 3.87. The van der Waals surface area contributed by atoms with Crippen LogP contribution in [0.25, 0.3) is 0 Å². The predicted molar refractivity (Wildman–Crippen MR) is 73.0 cm³/mol. The SMILES string of the molecule is CCc1ccc(NC(=O)c2ccc(Cl)nc2)cc1. The van der Waals surface area contributed by atoms with Crippen LogP contribution in [-0.2, 0) is 6.42 Å². The van der Waals surface area contributed by atoms with Crippen LogP contribution in [0.15, 0.2) is 42.6 Å². The third kappa shape index (κ3) is 3.08. The van der Waals surface area contributed by atoms with E-state index < -0.39 is 0 Å². The summed E-state index contributed by atoms with van der Waals surface area (Å²) < 4.78 is 0. The maximum atomic E-state index is 11.9. The third-order valence-corrected chi connectivity index (χ3v) is 2.83. The second kappa shape index (κ2) is 5.65. The van der Waals surface area contributed by atoms with Crippen LogP contribution < -0.4 is 5.32 Å². The molecule has 92 valence electrons. The molecule has 2 rings (SSSR count). The highest BCUT2D eigenvalue weighted by Crippen LogP contribution is 2.12. The molecule has 0 aliphatic carbocycles. The standard InChI is InChI=1S/C14H13ClN2O/c1-2-10-3-6-12(7-4-10)17-14(18)11-5-8-13(15)16-9-11/h3-9H,2H2,1H3,(H,17,18). The highest BCUT2D eigenvalue weighted by molar-refractivity contribution is 6.29. The molecule has 0 atom stereocenters. The Morgan fingerprint density at radius 2 is 1.94 bits per heavy atom. The van der Waals surface area contributed by atoms with E-state index in [1.54, 1.807) is 12.1 Å². The van der Waals surface area contributed by atoms with Gasteiger partial charge in [0, 0.05) is 11.9 Å². The molecule has 1 aromatic heterocycles. The summed E-state index contributed by atoms with van der Waals surface area (Å²) in [5.74, 6) is -0.191. The van der Waals surface area contributed by atoms with E-state index in [4.69, 9.17) is 11.6 Å². The summed E-state index contributed by atoms with van der Waals surface area (Å²) in [5.41, 5.74) is 2.49. The second-order valence-corrected chi connectivity index (χ2v) is 4.26. The van der Waals surface area contributed by atoms with Crippen molar-refractivity contribution in [1.82, 2.24) is 4.98 Å². The summed E-state index contributed by atoms with van der Waals surface area (Å²) in [6.45, 7) is 2.09. The lowest BCUT2D eigenvalue weighted by molar-refractivity contribution is 0.102. The third-order valence-electron chi connectivity index (χ3n) is 2.61. The number of halogens is 1. The van der Waals surface area contributed by atoms with Gasteiger partial charge in [-0.15, -0.1) is 0 Å². The molecule has 0 aliphatic rings. The zero-order valence-electron chi connectivity index (χ0n) is 9.98. The zero-order valence-corrected chi connectivity index (χ0v) is 10.7. The summed E-state index contributed by atoms with van der Waals surface area (Å²) in [5, 5.41) is 3.18.